The molecule has 3 rings (SSSR count). The van der Waals surface area contributed by atoms with Gasteiger partial charge in [-0.15, -0.1) is 0 Å². The number of morpholine rings is 1. The predicted octanol–water partition coefficient (Wildman–Crippen LogP) is 3.07. The molecule has 9 heteroatoms. The van der Waals surface area contributed by atoms with Crippen molar-refractivity contribution in [1.82, 2.24) is 4.72 Å². The molecule has 8 nitrogen and oxygen atoms in total. The SMILES string of the molecule is CC1CCC(NS(=O)(=O)c2ccc(N3C[C@@H](C)O[C@@H](C)C3)c([N+](=O)[O-])c2)CC1. The van der Waals surface area contributed by atoms with Crippen molar-refractivity contribution in [1.29, 1.82) is 0 Å². The first kappa shape index (κ1) is 21.0. The normalized spacial score (nSPS) is 28.9. The van der Waals surface area contributed by atoms with Crippen LogP contribution in [0.25, 0.3) is 0 Å². The first-order valence-electron chi connectivity index (χ1n) is 9.87. The van der Waals surface area contributed by atoms with Gasteiger partial charge in [-0.05, 0) is 57.6 Å². The minimum absolute atomic E-state index is 0.0536. The number of hydrogen-bond acceptors (Lipinski definition) is 6. The molecule has 1 aromatic rings. The third-order valence-corrected chi connectivity index (χ3v) is 7.07. The van der Waals surface area contributed by atoms with Crippen molar-refractivity contribution in [2.75, 3.05) is 18.0 Å². The highest BCUT2D eigenvalue weighted by molar-refractivity contribution is 7.89. The Bertz CT molecular complexity index is 811. The molecule has 0 aromatic heterocycles. The average Bonchev–Trinajstić information content (AvgIpc) is 2.62. The molecule has 2 fully saturated rings. The number of rotatable bonds is 5. The zero-order valence-electron chi connectivity index (χ0n) is 16.6. The lowest BCUT2D eigenvalue weighted by Gasteiger charge is -2.36. The number of nitro groups is 1. The molecule has 1 aliphatic carbocycles. The second-order valence-corrected chi connectivity index (χ2v) is 9.86. The number of ether oxygens (including phenoxy) is 1. The highest BCUT2D eigenvalue weighted by atomic mass is 32.2. The Morgan fingerprint density at radius 1 is 1.11 bits per heavy atom. The highest BCUT2D eigenvalue weighted by Crippen LogP contribution is 2.33. The number of hydrogen-bond donors (Lipinski definition) is 1. The smallest absolute Gasteiger partial charge is 0.293 e. The van der Waals surface area contributed by atoms with Crippen LogP contribution in [-0.2, 0) is 14.8 Å². The molecule has 1 N–H and O–H groups in total. The zero-order chi connectivity index (χ0) is 20.5. The molecule has 1 aromatic carbocycles. The van der Waals surface area contributed by atoms with Crippen LogP contribution in [0.15, 0.2) is 23.1 Å². The van der Waals surface area contributed by atoms with E-state index in [-0.39, 0.29) is 28.8 Å². The highest BCUT2D eigenvalue weighted by Gasteiger charge is 2.30. The quantitative estimate of drug-likeness (QED) is 0.590. The van der Waals surface area contributed by atoms with Crippen LogP contribution in [0.2, 0.25) is 0 Å². The molecular weight excluding hydrogens is 382 g/mol. The van der Waals surface area contributed by atoms with E-state index in [1.807, 2.05) is 18.7 Å². The fourth-order valence-electron chi connectivity index (χ4n) is 4.12. The van der Waals surface area contributed by atoms with E-state index in [9.17, 15) is 18.5 Å². The van der Waals surface area contributed by atoms with Gasteiger partial charge in [-0.3, -0.25) is 10.1 Å². The molecule has 2 aliphatic rings. The first-order valence-corrected chi connectivity index (χ1v) is 11.3. The van der Waals surface area contributed by atoms with E-state index in [2.05, 4.69) is 11.6 Å². The maximum Gasteiger partial charge on any atom is 0.293 e. The van der Waals surface area contributed by atoms with Crippen molar-refractivity contribution in [2.24, 2.45) is 5.92 Å². The fraction of sp³-hybridized carbons (Fsp3) is 0.684. The standard InChI is InChI=1S/C19H29N3O5S/c1-13-4-6-16(7-5-13)20-28(25,26)17-8-9-18(19(10-17)22(23)24)21-11-14(2)27-15(3)12-21/h8-10,13-16,20H,4-7,11-12H2,1-3H3/t13?,14-,15+,16?. The third-order valence-electron chi connectivity index (χ3n) is 5.55. The molecule has 1 aliphatic heterocycles. The van der Waals surface area contributed by atoms with Crippen LogP contribution in [0.1, 0.15) is 46.5 Å². The summed E-state index contributed by atoms with van der Waals surface area (Å²) in [5, 5.41) is 11.7. The number of nitro benzene ring substituents is 1. The Hall–Kier alpha value is -1.71. The number of nitrogens with zero attached hydrogens (tertiary/aromatic N) is 2. The zero-order valence-corrected chi connectivity index (χ0v) is 17.4. The van der Waals surface area contributed by atoms with Crippen LogP contribution in [0, 0.1) is 16.0 Å². The molecule has 2 atom stereocenters. The number of sulfonamides is 1. The van der Waals surface area contributed by atoms with Gasteiger partial charge in [-0.1, -0.05) is 6.92 Å². The number of anilines is 1. The van der Waals surface area contributed by atoms with E-state index in [0.29, 0.717) is 24.7 Å². The molecule has 156 valence electrons. The molecule has 0 spiro atoms. The number of benzene rings is 1. The van der Waals surface area contributed by atoms with E-state index >= 15 is 0 Å². The minimum atomic E-state index is -3.80. The first-order chi connectivity index (χ1) is 13.2. The second-order valence-electron chi connectivity index (χ2n) is 8.15. The molecular formula is C19H29N3O5S. The van der Waals surface area contributed by atoms with Crippen molar-refractivity contribution < 1.29 is 18.1 Å². The molecule has 0 bridgehead atoms. The maximum absolute atomic E-state index is 12.8. The third kappa shape index (κ3) is 4.82. The lowest BCUT2D eigenvalue weighted by Crippen LogP contribution is -2.45. The van der Waals surface area contributed by atoms with Crippen LogP contribution < -0.4 is 9.62 Å². The van der Waals surface area contributed by atoms with E-state index < -0.39 is 14.9 Å². The van der Waals surface area contributed by atoms with Crippen molar-refractivity contribution in [3.63, 3.8) is 0 Å². The van der Waals surface area contributed by atoms with Crippen LogP contribution in [0.3, 0.4) is 0 Å². The van der Waals surface area contributed by atoms with Crippen molar-refractivity contribution in [3.05, 3.63) is 28.3 Å². The lowest BCUT2D eigenvalue weighted by atomic mass is 9.88. The molecule has 0 unspecified atom stereocenters. The summed E-state index contributed by atoms with van der Waals surface area (Å²) in [7, 11) is -3.80. The Balaban J connectivity index is 1.85. The summed E-state index contributed by atoms with van der Waals surface area (Å²) in [4.78, 5) is 13.0. The molecule has 1 heterocycles. The van der Waals surface area contributed by atoms with Gasteiger partial charge in [-0.25, -0.2) is 13.1 Å². The van der Waals surface area contributed by atoms with E-state index in [1.165, 1.54) is 12.1 Å². The molecule has 1 saturated heterocycles. The van der Waals surface area contributed by atoms with Gasteiger partial charge in [0.2, 0.25) is 10.0 Å². The van der Waals surface area contributed by atoms with Crippen molar-refractivity contribution in [2.45, 2.75) is 69.6 Å². The topological polar surface area (TPSA) is 102 Å². The van der Waals surface area contributed by atoms with Crippen molar-refractivity contribution in [3.8, 4) is 0 Å². The van der Waals surface area contributed by atoms with Crippen LogP contribution in [-0.4, -0.2) is 44.7 Å². The van der Waals surface area contributed by atoms with Gasteiger partial charge < -0.3 is 9.64 Å². The van der Waals surface area contributed by atoms with Gasteiger partial charge >= 0.3 is 0 Å². The second kappa shape index (κ2) is 8.34. The van der Waals surface area contributed by atoms with Gasteiger partial charge in [0, 0.05) is 25.2 Å². The Morgan fingerprint density at radius 3 is 2.29 bits per heavy atom. The van der Waals surface area contributed by atoms with Gasteiger partial charge in [0.1, 0.15) is 5.69 Å². The van der Waals surface area contributed by atoms with Gasteiger partial charge in [0.05, 0.1) is 22.0 Å². The molecule has 1 saturated carbocycles. The summed E-state index contributed by atoms with van der Waals surface area (Å²) >= 11 is 0. The van der Waals surface area contributed by atoms with Gasteiger partial charge in [0.15, 0.2) is 0 Å². The van der Waals surface area contributed by atoms with E-state index in [0.717, 1.165) is 25.7 Å². The van der Waals surface area contributed by atoms with E-state index in [4.69, 9.17) is 4.74 Å². The van der Waals surface area contributed by atoms with Crippen molar-refractivity contribution >= 4 is 21.4 Å². The van der Waals surface area contributed by atoms with Crippen LogP contribution in [0.5, 0.6) is 0 Å². The summed E-state index contributed by atoms with van der Waals surface area (Å²) in [5.74, 6) is 0.611. The lowest BCUT2D eigenvalue weighted by molar-refractivity contribution is -0.384. The fourth-order valence-corrected chi connectivity index (χ4v) is 5.45. The minimum Gasteiger partial charge on any atom is -0.372 e. The van der Waals surface area contributed by atoms with Gasteiger partial charge in [-0.2, -0.15) is 0 Å². The largest absolute Gasteiger partial charge is 0.372 e. The van der Waals surface area contributed by atoms with Crippen LogP contribution in [0.4, 0.5) is 11.4 Å². The maximum atomic E-state index is 12.8. The summed E-state index contributed by atoms with van der Waals surface area (Å²) in [6.45, 7) is 7.05. The average molecular weight is 412 g/mol. The summed E-state index contributed by atoms with van der Waals surface area (Å²) in [6, 6.07) is 4.07. The Morgan fingerprint density at radius 2 is 1.71 bits per heavy atom. The van der Waals surface area contributed by atoms with Crippen LogP contribution >= 0.6 is 0 Å². The number of nitrogens with one attached hydrogen (secondary N) is 1. The monoisotopic (exact) mass is 411 g/mol. The summed E-state index contributed by atoms with van der Waals surface area (Å²) in [5.41, 5.74) is 0.235. The Labute approximate surface area is 166 Å². The van der Waals surface area contributed by atoms with Gasteiger partial charge in [0.25, 0.3) is 5.69 Å². The Kier molecular flexibility index (Phi) is 6.26. The summed E-state index contributed by atoms with van der Waals surface area (Å²) in [6.07, 6.45) is 3.46. The molecule has 0 radical (unpaired) electrons. The molecule has 28 heavy (non-hydrogen) atoms. The van der Waals surface area contributed by atoms with E-state index in [1.54, 1.807) is 6.07 Å². The summed E-state index contributed by atoms with van der Waals surface area (Å²) < 4.78 is 34.0. The predicted molar refractivity (Wildman–Crippen MR) is 107 cm³/mol. The molecule has 0 amide bonds.